The van der Waals surface area contributed by atoms with Gasteiger partial charge in [-0.1, -0.05) is 18.2 Å². The Balaban J connectivity index is 1.22. The molecular formula is C24H24N6OS. The lowest BCUT2D eigenvalue weighted by molar-refractivity contribution is 0.202. The number of amides is 2. The number of thiazole rings is 1. The molecule has 0 aliphatic carbocycles. The number of carbonyl (C=O) groups excluding carboxylic acids is 1. The van der Waals surface area contributed by atoms with Crippen LogP contribution in [0.4, 0.5) is 4.79 Å². The molecule has 6 rings (SSSR count). The largest absolute Gasteiger partial charge is 0.329 e. The van der Waals surface area contributed by atoms with Crippen LogP contribution < -0.4 is 5.32 Å². The first-order chi connectivity index (χ1) is 15.6. The molecule has 2 atom stereocenters. The number of para-hydroxylation sites is 1. The van der Waals surface area contributed by atoms with Crippen molar-refractivity contribution in [1.29, 1.82) is 0 Å². The Hall–Kier alpha value is -3.26. The van der Waals surface area contributed by atoms with E-state index in [0.29, 0.717) is 0 Å². The Kier molecular flexibility index (Phi) is 4.50. The summed E-state index contributed by atoms with van der Waals surface area (Å²) in [4.78, 5) is 23.8. The maximum absolute atomic E-state index is 12.9. The summed E-state index contributed by atoms with van der Waals surface area (Å²) in [6.45, 7) is 4.36. The van der Waals surface area contributed by atoms with E-state index in [1.807, 2.05) is 41.6 Å². The van der Waals surface area contributed by atoms with Gasteiger partial charge in [-0.25, -0.2) is 9.78 Å². The highest BCUT2D eigenvalue weighted by Crippen LogP contribution is 2.44. The number of nitrogens with one attached hydrogen (secondary N) is 1. The van der Waals surface area contributed by atoms with Crippen LogP contribution in [0.2, 0.25) is 0 Å². The number of nitrogens with zero attached hydrogens (tertiary/aromatic N) is 5. The molecule has 7 nitrogen and oxygen atoms in total. The van der Waals surface area contributed by atoms with Gasteiger partial charge in [0.15, 0.2) is 0 Å². The average molecular weight is 445 g/mol. The summed E-state index contributed by atoms with van der Waals surface area (Å²) in [7, 11) is 0. The second-order valence-corrected chi connectivity index (χ2v) is 9.72. The van der Waals surface area contributed by atoms with Crippen LogP contribution in [0.3, 0.4) is 0 Å². The van der Waals surface area contributed by atoms with E-state index in [0.717, 1.165) is 59.6 Å². The summed E-state index contributed by atoms with van der Waals surface area (Å²) >= 11 is 1.57. The first-order valence-electron chi connectivity index (χ1n) is 11.0. The van der Waals surface area contributed by atoms with E-state index < -0.39 is 0 Å². The molecule has 1 fully saturated rings. The van der Waals surface area contributed by atoms with Crippen molar-refractivity contribution in [3.8, 4) is 11.3 Å². The van der Waals surface area contributed by atoms with Crippen LogP contribution >= 0.6 is 11.3 Å². The lowest BCUT2D eigenvalue weighted by Gasteiger charge is -2.24. The molecule has 2 aliphatic rings. The molecule has 1 N–H and O–H groups in total. The molecule has 4 aromatic rings. The first kappa shape index (κ1) is 19.4. The van der Waals surface area contributed by atoms with E-state index in [-0.39, 0.29) is 17.5 Å². The van der Waals surface area contributed by atoms with E-state index in [9.17, 15) is 4.79 Å². The molecule has 0 radical (unpaired) electrons. The van der Waals surface area contributed by atoms with Crippen LogP contribution in [0.5, 0.6) is 0 Å². The van der Waals surface area contributed by atoms with Gasteiger partial charge in [-0.2, -0.15) is 5.10 Å². The van der Waals surface area contributed by atoms with Crippen LogP contribution in [-0.2, 0) is 12.0 Å². The third-order valence-corrected chi connectivity index (χ3v) is 7.77. The topological polar surface area (TPSA) is 75.9 Å². The van der Waals surface area contributed by atoms with E-state index in [1.54, 1.807) is 17.5 Å². The highest BCUT2D eigenvalue weighted by atomic mass is 32.1. The van der Waals surface area contributed by atoms with Crippen molar-refractivity contribution in [2.45, 2.75) is 37.8 Å². The number of carbonyl (C=O) groups is 1. The molecule has 1 aromatic carbocycles. The van der Waals surface area contributed by atoms with Gasteiger partial charge in [0.25, 0.3) is 0 Å². The molecule has 1 spiro atoms. The Morgan fingerprint density at radius 1 is 1.19 bits per heavy atom. The molecule has 32 heavy (non-hydrogen) atoms. The average Bonchev–Trinajstić information content (AvgIpc) is 3.60. The number of benzene rings is 1. The number of aryl methyl sites for hydroxylation is 1. The van der Waals surface area contributed by atoms with Crippen LogP contribution in [0.15, 0.2) is 54.2 Å². The van der Waals surface area contributed by atoms with Gasteiger partial charge in [0, 0.05) is 59.5 Å². The van der Waals surface area contributed by atoms with Crippen molar-refractivity contribution < 1.29 is 4.79 Å². The van der Waals surface area contributed by atoms with Gasteiger partial charge in [0.1, 0.15) is 5.01 Å². The third kappa shape index (κ3) is 3.17. The van der Waals surface area contributed by atoms with Crippen molar-refractivity contribution in [1.82, 2.24) is 30.0 Å². The number of rotatable bonds is 3. The molecule has 2 aliphatic heterocycles. The van der Waals surface area contributed by atoms with Gasteiger partial charge in [-0.05, 0) is 38.0 Å². The van der Waals surface area contributed by atoms with Gasteiger partial charge >= 0.3 is 6.03 Å². The van der Waals surface area contributed by atoms with Crippen molar-refractivity contribution in [2.24, 2.45) is 0 Å². The summed E-state index contributed by atoms with van der Waals surface area (Å²) in [5, 5.41) is 12.0. The molecule has 8 heteroatoms. The predicted molar refractivity (Wildman–Crippen MR) is 125 cm³/mol. The van der Waals surface area contributed by atoms with E-state index in [2.05, 4.69) is 38.2 Å². The lowest BCUT2D eigenvalue weighted by atomic mass is 9.82. The second kappa shape index (κ2) is 7.41. The van der Waals surface area contributed by atoms with Crippen LogP contribution in [0.25, 0.3) is 22.2 Å². The summed E-state index contributed by atoms with van der Waals surface area (Å²) in [5.74, 6) is 0. The Morgan fingerprint density at radius 2 is 2.06 bits per heavy atom. The molecule has 0 bridgehead atoms. The highest BCUT2D eigenvalue weighted by Gasteiger charge is 2.47. The normalized spacial score (nSPS) is 20.7. The third-order valence-electron chi connectivity index (χ3n) is 6.81. The maximum atomic E-state index is 12.9. The summed E-state index contributed by atoms with van der Waals surface area (Å²) in [5.41, 5.74) is 4.20. The van der Waals surface area contributed by atoms with Gasteiger partial charge < -0.3 is 10.2 Å². The first-order valence-corrected chi connectivity index (χ1v) is 11.9. The summed E-state index contributed by atoms with van der Waals surface area (Å²) < 4.78 is 2.13. The standard InChI is InChI=1S/C24H24N6OS/c1-16(22-25-8-11-32-22)27-23(31)29-9-6-24(15-29)7-10-30-21(24)13-20(28-30)18-12-17-4-2-3-5-19(17)26-14-18/h2-5,8,11-14,16H,6-7,9-10,15H2,1H3,(H,27,31). The van der Waals surface area contributed by atoms with Crippen LogP contribution in [0.1, 0.15) is 36.5 Å². The minimum Gasteiger partial charge on any atom is -0.329 e. The number of hydrogen-bond acceptors (Lipinski definition) is 5. The number of aromatic nitrogens is 4. The molecule has 0 saturated carbocycles. The number of fused-ring (bicyclic) bond motifs is 3. The van der Waals surface area contributed by atoms with E-state index in [4.69, 9.17) is 5.10 Å². The maximum Gasteiger partial charge on any atom is 0.317 e. The fourth-order valence-corrected chi connectivity index (χ4v) is 5.71. The zero-order chi connectivity index (χ0) is 21.7. The van der Waals surface area contributed by atoms with Crippen molar-refractivity contribution in [2.75, 3.05) is 13.1 Å². The van der Waals surface area contributed by atoms with Gasteiger partial charge in [-0.3, -0.25) is 9.67 Å². The summed E-state index contributed by atoms with van der Waals surface area (Å²) in [6.07, 6.45) is 5.67. The van der Waals surface area contributed by atoms with Crippen LogP contribution in [0, 0.1) is 0 Å². The quantitative estimate of drug-likeness (QED) is 0.509. The molecule has 5 heterocycles. The lowest BCUT2D eigenvalue weighted by Crippen LogP contribution is -2.41. The molecular weight excluding hydrogens is 420 g/mol. The van der Waals surface area contributed by atoms with Gasteiger partial charge in [0.2, 0.25) is 0 Å². The minimum absolute atomic E-state index is 0.0125. The van der Waals surface area contributed by atoms with Crippen molar-refractivity contribution >= 4 is 28.3 Å². The Morgan fingerprint density at radius 3 is 2.94 bits per heavy atom. The van der Waals surface area contributed by atoms with Gasteiger partial charge in [-0.15, -0.1) is 11.3 Å². The SMILES string of the molecule is CC(NC(=O)N1CCC2(CCn3nc(-c4cnc5ccccc5c4)cc32)C1)c1nccs1. The zero-order valence-corrected chi connectivity index (χ0v) is 18.7. The zero-order valence-electron chi connectivity index (χ0n) is 17.9. The molecule has 3 aromatic heterocycles. The smallest absolute Gasteiger partial charge is 0.317 e. The molecule has 162 valence electrons. The fraction of sp³-hybridized carbons (Fsp3) is 0.333. The Labute approximate surface area is 190 Å². The number of hydrogen-bond donors (Lipinski definition) is 1. The number of pyridine rings is 1. The van der Waals surface area contributed by atoms with Crippen molar-refractivity contribution in [3.05, 3.63) is 64.9 Å². The molecule has 1 saturated heterocycles. The van der Waals surface area contributed by atoms with E-state index >= 15 is 0 Å². The summed E-state index contributed by atoms with van der Waals surface area (Å²) in [6, 6.07) is 12.4. The second-order valence-electron chi connectivity index (χ2n) is 8.80. The van der Waals surface area contributed by atoms with Crippen LogP contribution in [-0.4, -0.2) is 43.8 Å². The molecule has 2 amide bonds. The fourth-order valence-electron chi connectivity index (χ4n) is 5.06. The number of likely N-dealkylation sites (tertiary alicyclic amines) is 1. The number of urea groups is 1. The minimum atomic E-state index is -0.0832. The monoisotopic (exact) mass is 444 g/mol. The molecule has 2 unspecified atom stereocenters. The van der Waals surface area contributed by atoms with Gasteiger partial charge in [0.05, 0.1) is 17.3 Å². The predicted octanol–water partition coefficient (Wildman–Crippen LogP) is 4.37. The van der Waals surface area contributed by atoms with Crippen molar-refractivity contribution in [3.63, 3.8) is 0 Å². The Bertz CT molecular complexity index is 1300. The highest BCUT2D eigenvalue weighted by molar-refractivity contribution is 7.09. The van der Waals surface area contributed by atoms with E-state index in [1.165, 1.54) is 5.69 Å².